The molecule has 2 nitrogen and oxygen atoms in total. The van der Waals surface area contributed by atoms with Crippen molar-refractivity contribution in [3.05, 3.63) is 70.8 Å². The highest BCUT2D eigenvalue weighted by Crippen LogP contribution is 2.40. The minimum Gasteiger partial charge on any atom is -0.457 e. The second kappa shape index (κ2) is 4.70. The number of hydrogen-bond donors (Lipinski definition) is 0. The van der Waals surface area contributed by atoms with E-state index in [0.717, 1.165) is 16.7 Å². The van der Waals surface area contributed by atoms with Gasteiger partial charge >= 0.3 is 5.97 Å². The van der Waals surface area contributed by atoms with Gasteiger partial charge in [0.05, 0.1) is 5.56 Å². The molecule has 0 fully saturated rings. The first-order valence-electron chi connectivity index (χ1n) is 7.46. The van der Waals surface area contributed by atoms with E-state index in [1.165, 1.54) is 21.9 Å². The molecular weight excluding hydrogens is 272 g/mol. The molecule has 3 aromatic carbocycles. The Hall–Kier alpha value is -2.61. The number of carbonyl (C=O) groups is 1. The number of aryl methyl sites for hydroxylation is 2. The molecule has 0 radical (unpaired) electrons. The first-order chi connectivity index (χ1) is 10.7. The van der Waals surface area contributed by atoms with Crippen LogP contribution in [0, 0.1) is 13.8 Å². The SMILES string of the molecule is Cc1c2c(c(C)c3ccccc13)-c1ccccc1C(=O)OC2. The molecule has 3 aromatic rings. The van der Waals surface area contributed by atoms with Gasteiger partial charge in [0.15, 0.2) is 0 Å². The van der Waals surface area contributed by atoms with Crippen LogP contribution in [-0.2, 0) is 11.3 Å². The van der Waals surface area contributed by atoms with Crippen LogP contribution in [0.15, 0.2) is 48.5 Å². The monoisotopic (exact) mass is 288 g/mol. The molecule has 0 aromatic heterocycles. The van der Waals surface area contributed by atoms with E-state index in [-0.39, 0.29) is 5.97 Å². The second-order valence-corrected chi connectivity index (χ2v) is 5.77. The second-order valence-electron chi connectivity index (χ2n) is 5.77. The predicted molar refractivity (Wildman–Crippen MR) is 88.0 cm³/mol. The summed E-state index contributed by atoms with van der Waals surface area (Å²) in [7, 11) is 0. The van der Waals surface area contributed by atoms with Gasteiger partial charge in [-0.05, 0) is 52.9 Å². The molecule has 1 aliphatic rings. The largest absolute Gasteiger partial charge is 0.457 e. The van der Waals surface area contributed by atoms with Crippen molar-refractivity contribution in [2.75, 3.05) is 0 Å². The van der Waals surface area contributed by atoms with E-state index in [2.05, 4.69) is 38.1 Å². The van der Waals surface area contributed by atoms with Gasteiger partial charge in [-0.3, -0.25) is 0 Å². The minimum absolute atomic E-state index is 0.241. The van der Waals surface area contributed by atoms with Crippen LogP contribution in [0.3, 0.4) is 0 Å². The van der Waals surface area contributed by atoms with Crippen molar-refractivity contribution in [2.45, 2.75) is 20.5 Å². The van der Waals surface area contributed by atoms with Crippen molar-refractivity contribution in [1.29, 1.82) is 0 Å². The van der Waals surface area contributed by atoms with Crippen molar-refractivity contribution in [2.24, 2.45) is 0 Å². The Morgan fingerprint density at radius 2 is 1.41 bits per heavy atom. The summed E-state index contributed by atoms with van der Waals surface area (Å²) in [4.78, 5) is 12.3. The van der Waals surface area contributed by atoms with Gasteiger partial charge in [-0.15, -0.1) is 0 Å². The van der Waals surface area contributed by atoms with Gasteiger partial charge in [0.25, 0.3) is 0 Å². The highest BCUT2D eigenvalue weighted by atomic mass is 16.5. The van der Waals surface area contributed by atoms with E-state index in [1.54, 1.807) is 0 Å². The van der Waals surface area contributed by atoms with Crippen molar-refractivity contribution >= 4 is 16.7 Å². The van der Waals surface area contributed by atoms with Gasteiger partial charge in [0.2, 0.25) is 0 Å². The Kier molecular flexibility index (Phi) is 2.80. The highest BCUT2D eigenvalue weighted by molar-refractivity contribution is 6.03. The fraction of sp³-hybridized carbons (Fsp3) is 0.150. The van der Waals surface area contributed by atoms with Gasteiger partial charge in [-0.25, -0.2) is 4.79 Å². The van der Waals surface area contributed by atoms with Crippen LogP contribution in [0.25, 0.3) is 21.9 Å². The zero-order valence-corrected chi connectivity index (χ0v) is 12.6. The molecule has 0 spiro atoms. The zero-order valence-electron chi connectivity index (χ0n) is 12.6. The average molecular weight is 288 g/mol. The number of hydrogen-bond acceptors (Lipinski definition) is 2. The maximum absolute atomic E-state index is 12.3. The number of ether oxygens (including phenoxy) is 1. The molecule has 0 atom stereocenters. The van der Waals surface area contributed by atoms with Crippen LogP contribution in [0.5, 0.6) is 0 Å². The molecular formula is C20H16O2. The lowest BCUT2D eigenvalue weighted by molar-refractivity contribution is 0.0478. The lowest BCUT2D eigenvalue weighted by Gasteiger charge is -2.17. The zero-order chi connectivity index (χ0) is 15.3. The van der Waals surface area contributed by atoms with Crippen LogP contribution >= 0.6 is 0 Å². The number of benzene rings is 3. The molecule has 0 aliphatic carbocycles. The molecule has 0 N–H and O–H groups in total. The molecule has 0 amide bonds. The van der Waals surface area contributed by atoms with Crippen LogP contribution in [0.2, 0.25) is 0 Å². The standard InChI is InChI=1S/C20H16O2/c1-12-14-7-3-4-8-15(14)13(2)19-16-9-5-6-10-17(16)20(21)22-11-18(12)19/h3-10H,11H2,1-2H3. The molecule has 2 heteroatoms. The Morgan fingerprint density at radius 1 is 0.818 bits per heavy atom. The van der Waals surface area contributed by atoms with Gasteiger partial charge in [-0.2, -0.15) is 0 Å². The molecule has 0 saturated carbocycles. The summed E-state index contributed by atoms with van der Waals surface area (Å²) in [6.07, 6.45) is 0. The van der Waals surface area contributed by atoms with Gasteiger partial charge in [0.1, 0.15) is 6.61 Å². The predicted octanol–water partition coefficient (Wildman–Crippen LogP) is 4.79. The topological polar surface area (TPSA) is 26.3 Å². The quantitative estimate of drug-likeness (QED) is 0.556. The van der Waals surface area contributed by atoms with Crippen molar-refractivity contribution in [1.82, 2.24) is 0 Å². The van der Waals surface area contributed by atoms with Gasteiger partial charge in [-0.1, -0.05) is 42.5 Å². The molecule has 108 valence electrons. The van der Waals surface area contributed by atoms with Crippen molar-refractivity contribution in [3.8, 4) is 11.1 Å². The third kappa shape index (κ3) is 1.70. The third-order valence-electron chi connectivity index (χ3n) is 4.63. The van der Waals surface area contributed by atoms with E-state index >= 15 is 0 Å². The Labute approximate surface area is 129 Å². The smallest absolute Gasteiger partial charge is 0.339 e. The van der Waals surface area contributed by atoms with E-state index in [9.17, 15) is 4.79 Å². The highest BCUT2D eigenvalue weighted by Gasteiger charge is 2.25. The molecule has 22 heavy (non-hydrogen) atoms. The molecule has 0 saturated heterocycles. The van der Waals surface area contributed by atoms with E-state index in [0.29, 0.717) is 12.2 Å². The summed E-state index contributed by atoms with van der Waals surface area (Å²) >= 11 is 0. The van der Waals surface area contributed by atoms with Crippen LogP contribution in [-0.4, -0.2) is 5.97 Å². The normalized spacial score (nSPS) is 13.3. The molecule has 0 unspecified atom stereocenters. The van der Waals surface area contributed by atoms with Crippen LogP contribution in [0.4, 0.5) is 0 Å². The maximum Gasteiger partial charge on any atom is 0.339 e. The van der Waals surface area contributed by atoms with Gasteiger partial charge < -0.3 is 4.74 Å². The number of carbonyl (C=O) groups excluding carboxylic acids is 1. The number of rotatable bonds is 0. The van der Waals surface area contributed by atoms with E-state index in [1.807, 2.05) is 24.3 Å². The number of cyclic esters (lactones) is 1. The molecule has 0 bridgehead atoms. The first-order valence-corrected chi connectivity index (χ1v) is 7.46. The average Bonchev–Trinajstić information content (AvgIpc) is 2.70. The van der Waals surface area contributed by atoms with Crippen molar-refractivity contribution < 1.29 is 9.53 Å². The van der Waals surface area contributed by atoms with Crippen LogP contribution < -0.4 is 0 Å². The molecule has 1 heterocycles. The Morgan fingerprint density at radius 3 is 2.14 bits per heavy atom. The van der Waals surface area contributed by atoms with E-state index in [4.69, 9.17) is 4.74 Å². The Bertz CT molecular complexity index is 922. The lowest BCUT2D eigenvalue weighted by Crippen LogP contribution is -2.03. The van der Waals surface area contributed by atoms with Crippen molar-refractivity contribution in [3.63, 3.8) is 0 Å². The van der Waals surface area contributed by atoms with E-state index < -0.39 is 0 Å². The Balaban J connectivity index is 2.20. The summed E-state index contributed by atoms with van der Waals surface area (Å²) in [6.45, 7) is 4.58. The first kappa shape index (κ1) is 13.1. The number of esters is 1. The molecule has 4 rings (SSSR count). The summed E-state index contributed by atoms with van der Waals surface area (Å²) in [5, 5.41) is 2.47. The fourth-order valence-electron chi connectivity index (χ4n) is 3.49. The summed E-state index contributed by atoms with van der Waals surface area (Å²) < 4.78 is 5.50. The molecule has 1 aliphatic heterocycles. The minimum atomic E-state index is -0.241. The van der Waals surface area contributed by atoms with Crippen LogP contribution in [0.1, 0.15) is 27.0 Å². The lowest BCUT2D eigenvalue weighted by atomic mass is 9.86. The summed E-state index contributed by atoms with van der Waals surface area (Å²) in [6, 6.07) is 16.1. The summed E-state index contributed by atoms with van der Waals surface area (Å²) in [5.74, 6) is -0.241. The fourth-order valence-corrected chi connectivity index (χ4v) is 3.49. The number of fused-ring (bicyclic) bond motifs is 4. The summed E-state index contributed by atoms with van der Waals surface area (Å²) in [5.41, 5.74) is 6.31. The maximum atomic E-state index is 12.3. The van der Waals surface area contributed by atoms with Gasteiger partial charge in [0, 0.05) is 5.56 Å². The third-order valence-corrected chi connectivity index (χ3v) is 4.63.